The summed E-state index contributed by atoms with van der Waals surface area (Å²) in [4.78, 5) is 33.5. The molecule has 10 heteroatoms. The van der Waals surface area contributed by atoms with Gasteiger partial charge in [0.2, 0.25) is 0 Å². The smallest absolute Gasteiger partial charge is 0.416 e. The average Bonchev–Trinajstić information content (AvgIpc) is 2.79. The number of nitrogens with one attached hydrogen (secondary N) is 2. The van der Waals surface area contributed by atoms with Gasteiger partial charge in [0.05, 0.1) is 24.7 Å². The first kappa shape index (κ1) is 24.0. The molecule has 0 unspecified atom stereocenters. The summed E-state index contributed by atoms with van der Waals surface area (Å²) in [5.41, 5.74) is -0.466. The molecule has 1 aromatic heterocycles. The van der Waals surface area contributed by atoms with Crippen molar-refractivity contribution in [1.29, 1.82) is 0 Å². The van der Waals surface area contributed by atoms with Crippen LogP contribution in [-0.2, 0) is 22.3 Å². The third-order valence-corrected chi connectivity index (χ3v) is 4.92. The Bertz CT molecular complexity index is 1170. The summed E-state index contributed by atoms with van der Waals surface area (Å²) in [6, 6.07) is 10.6. The van der Waals surface area contributed by atoms with Crippen molar-refractivity contribution < 1.29 is 27.5 Å². The summed E-state index contributed by atoms with van der Waals surface area (Å²) < 4.78 is 43.6. The Morgan fingerprint density at radius 3 is 2.45 bits per heavy atom. The highest BCUT2D eigenvalue weighted by Crippen LogP contribution is 2.29. The van der Waals surface area contributed by atoms with Crippen molar-refractivity contribution in [2.24, 2.45) is 5.92 Å². The number of nitrogens with zero attached hydrogens (tertiary/aromatic N) is 2. The maximum Gasteiger partial charge on any atom is 0.416 e. The minimum Gasteiger partial charge on any atom is -0.467 e. The first-order chi connectivity index (χ1) is 15.6. The molecule has 0 aliphatic carbocycles. The molecule has 0 saturated heterocycles. The average molecular weight is 460 g/mol. The molecule has 0 aliphatic rings. The zero-order chi connectivity index (χ0) is 24.2. The van der Waals surface area contributed by atoms with Crippen molar-refractivity contribution in [2.45, 2.75) is 32.6 Å². The van der Waals surface area contributed by atoms with Crippen LogP contribution in [0.15, 0.2) is 48.5 Å². The number of amides is 1. The largest absolute Gasteiger partial charge is 0.467 e. The number of para-hydroxylation sites is 1. The van der Waals surface area contributed by atoms with Crippen LogP contribution in [0.25, 0.3) is 10.9 Å². The lowest BCUT2D eigenvalue weighted by Gasteiger charge is -2.21. The van der Waals surface area contributed by atoms with E-state index in [0.29, 0.717) is 16.7 Å². The molecule has 0 radical (unpaired) electrons. The Kier molecular flexibility index (Phi) is 7.15. The molecule has 1 heterocycles. The molecule has 0 spiro atoms. The van der Waals surface area contributed by atoms with Gasteiger partial charge in [0.1, 0.15) is 11.9 Å². The van der Waals surface area contributed by atoms with Crippen LogP contribution in [0.1, 0.15) is 35.6 Å². The number of rotatable bonds is 7. The molecular formula is C23H23F3N4O3. The summed E-state index contributed by atoms with van der Waals surface area (Å²) in [6.07, 6.45) is -4.55. The van der Waals surface area contributed by atoms with E-state index in [9.17, 15) is 22.8 Å². The Labute approximate surface area is 188 Å². The molecule has 0 aliphatic heterocycles. The van der Waals surface area contributed by atoms with Gasteiger partial charge < -0.3 is 15.4 Å². The Balaban J connectivity index is 1.85. The van der Waals surface area contributed by atoms with Gasteiger partial charge in [0.15, 0.2) is 5.82 Å². The van der Waals surface area contributed by atoms with Crippen LogP contribution in [0.5, 0.6) is 0 Å². The standard InChI is InChI=1S/C23H23F3N4O3/c1-13(2)19(22(32)33-3)30-20-16-9-4-5-10-17(16)28-18(29-20)12-27-21(31)14-7-6-8-15(11-14)23(24,25)26/h4-11,13,19H,12H2,1-3H3,(H,27,31)(H,28,29,30)/t19-/m0/s1. The van der Waals surface area contributed by atoms with Gasteiger partial charge in [-0.05, 0) is 36.2 Å². The number of anilines is 1. The van der Waals surface area contributed by atoms with E-state index in [1.807, 2.05) is 13.8 Å². The van der Waals surface area contributed by atoms with Crippen molar-refractivity contribution in [3.63, 3.8) is 0 Å². The molecule has 0 bridgehead atoms. The fraction of sp³-hybridized carbons (Fsp3) is 0.304. The molecule has 174 valence electrons. The van der Waals surface area contributed by atoms with Gasteiger partial charge in [-0.25, -0.2) is 14.8 Å². The number of halogens is 3. The van der Waals surface area contributed by atoms with E-state index < -0.39 is 29.7 Å². The lowest BCUT2D eigenvalue weighted by atomic mass is 10.0. The van der Waals surface area contributed by atoms with Gasteiger partial charge in [0.25, 0.3) is 5.91 Å². The Hall–Kier alpha value is -3.69. The predicted molar refractivity (Wildman–Crippen MR) is 116 cm³/mol. The zero-order valence-corrected chi connectivity index (χ0v) is 18.2. The summed E-state index contributed by atoms with van der Waals surface area (Å²) >= 11 is 0. The molecule has 0 fully saturated rings. The maximum absolute atomic E-state index is 12.9. The minimum absolute atomic E-state index is 0.102. The number of ether oxygens (including phenoxy) is 1. The first-order valence-corrected chi connectivity index (χ1v) is 10.2. The third-order valence-electron chi connectivity index (χ3n) is 4.92. The molecule has 1 amide bonds. The number of benzene rings is 2. The van der Waals surface area contributed by atoms with E-state index >= 15 is 0 Å². The fourth-order valence-corrected chi connectivity index (χ4v) is 3.18. The van der Waals surface area contributed by atoms with Crippen LogP contribution < -0.4 is 10.6 Å². The van der Waals surface area contributed by atoms with Crippen LogP contribution in [0, 0.1) is 5.92 Å². The summed E-state index contributed by atoms with van der Waals surface area (Å²) in [7, 11) is 1.30. The maximum atomic E-state index is 12.9. The lowest BCUT2D eigenvalue weighted by Crippen LogP contribution is -2.36. The quantitative estimate of drug-likeness (QED) is 0.514. The van der Waals surface area contributed by atoms with Crippen molar-refractivity contribution >= 4 is 28.6 Å². The Morgan fingerprint density at radius 2 is 1.79 bits per heavy atom. The lowest BCUT2D eigenvalue weighted by molar-refractivity contribution is -0.142. The highest BCUT2D eigenvalue weighted by molar-refractivity contribution is 5.94. The van der Waals surface area contributed by atoms with Gasteiger partial charge in [-0.1, -0.05) is 32.0 Å². The second-order valence-electron chi connectivity index (χ2n) is 7.66. The number of hydrogen-bond donors (Lipinski definition) is 2. The SMILES string of the molecule is COC(=O)[C@@H](Nc1nc(CNC(=O)c2cccc(C(F)(F)F)c2)nc2ccccc12)C(C)C. The second kappa shape index (κ2) is 9.85. The van der Waals surface area contributed by atoms with E-state index in [1.165, 1.54) is 19.2 Å². The van der Waals surface area contributed by atoms with Crippen LogP contribution in [0.4, 0.5) is 19.0 Å². The topological polar surface area (TPSA) is 93.2 Å². The van der Waals surface area contributed by atoms with E-state index in [0.717, 1.165) is 12.1 Å². The van der Waals surface area contributed by atoms with Gasteiger partial charge in [-0.2, -0.15) is 13.2 Å². The summed E-state index contributed by atoms with van der Waals surface area (Å²) in [6.45, 7) is 3.58. The number of fused-ring (bicyclic) bond motifs is 1. The van der Waals surface area contributed by atoms with Crippen molar-refractivity contribution in [3.8, 4) is 0 Å². The zero-order valence-electron chi connectivity index (χ0n) is 18.2. The molecular weight excluding hydrogens is 437 g/mol. The molecule has 0 saturated carbocycles. The number of methoxy groups -OCH3 is 1. The van der Waals surface area contributed by atoms with Crippen LogP contribution in [0.3, 0.4) is 0 Å². The summed E-state index contributed by atoms with van der Waals surface area (Å²) in [5.74, 6) is -0.638. The van der Waals surface area contributed by atoms with Crippen molar-refractivity contribution in [2.75, 3.05) is 12.4 Å². The Morgan fingerprint density at radius 1 is 1.06 bits per heavy atom. The van der Waals surface area contributed by atoms with Crippen molar-refractivity contribution in [3.05, 3.63) is 65.5 Å². The van der Waals surface area contributed by atoms with Crippen LogP contribution in [0.2, 0.25) is 0 Å². The molecule has 3 rings (SSSR count). The number of carbonyl (C=O) groups is 2. The van der Waals surface area contributed by atoms with E-state index in [-0.39, 0.29) is 23.9 Å². The molecule has 3 aromatic rings. The number of aromatic nitrogens is 2. The molecule has 7 nitrogen and oxygen atoms in total. The van der Waals surface area contributed by atoms with E-state index in [4.69, 9.17) is 4.74 Å². The highest BCUT2D eigenvalue weighted by atomic mass is 19.4. The van der Waals surface area contributed by atoms with Crippen LogP contribution >= 0.6 is 0 Å². The number of esters is 1. The fourth-order valence-electron chi connectivity index (χ4n) is 3.18. The number of hydrogen-bond acceptors (Lipinski definition) is 6. The molecule has 2 N–H and O–H groups in total. The normalized spacial score (nSPS) is 12.5. The minimum atomic E-state index is -4.55. The number of carbonyl (C=O) groups excluding carboxylic acids is 2. The predicted octanol–water partition coefficient (Wildman–Crippen LogP) is 4.19. The molecule has 33 heavy (non-hydrogen) atoms. The molecule has 1 atom stereocenters. The van der Waals surface area contributed by atoms with Gasteiger partial charge in [-0.3, -0.25) is 4.79 Å². The van der Waals surface area contributed by atoms with Crippen molar-refractivity contribution in [1.82, 2.24) is 15.3 Å². The summed E-state index contributed by atoms with van der Waals surface area (Å²) in [5, 5.41) is 6.30. The van der Waals surface area contributed by atoms with Gasteiger partial charge in [-0.15, -0.1) is 0 Å². The molecule has 2 aromatic carbocycles. The third kappa shape index (κ3) is 5.76. The number of alkyl halides is 3. The van der Waals surface area contributed by atoms with E-state index in [2.05, 4.69) is 20.6 Å². The van der Waals surface area contributed by atoms with Gasteiger partial charge in [0, 0.05) is 10.9 Å². The second-order valence-corrected chi connectivity index (χ2v) is 7.66. The van der Waals surface area contributed by atoms with Gasteiger partial charge >= 0.3 is 12.1 Å². The highest BCUT2D eigenvalue weighted by Gasteiger charge is 2.31. The van der Waals surface area contributed by atoms with Crippen LogP contribution in [-0.4, -0.2) is 35.0 Å². The first-order valence-electron chi connectivity index (χ1n) is 10.2. The van der Waals surface area contributed by atoms with E-state index in [1.54, 1.807) is 24.3 Å². The monoisotopic (exact) mass is 460 g/mol.